The summed E-state index contributed by atoms with van der Waals surface area (Å²) in [5.41, 5.74) is 3.44. The number of benzene rings is 2. The van der Waals surface area contributed by atoms with Gasteiger partial charge in [0, 0.05) is 14.7 Å². The monoisotopic (exact) mass is 379 g/mol. The Balaban J connectivity index is 2.20. The van der Waals surface area contributed by atoms with Crippen molar-refractivity contribution < 1.29 is 0 Å². The minimum Gasteiger partial charge on any atom is -0.282 e. The highest BCUT2D eigenvalue weighted by Gasteiger charge is 2.05. The van der Waals surface area contributed by atoms with Crippen LogP contribution in [0.5, 0.6) is 0 Å². The van der Waals surface area contributed by atoms with Crippen LogP contribution in [0.2, 0.25) is 0 Å². The van der Waals surface area contributed by atoms with Crippen molar-refractivity contribution in [1.82, 2.24) is 0 Å². The molecule has 0 saturated carbocycles. The first-order valence-corrected chi connectivity index (χ1v) is 7.70. The van der Waals surface area contributed by atoms with E-state index >= 15 is 0 Å². The van der Waals surface area contributed by atoms with Crippen LogP contribution in [-0.4, -0.2) is 5.71 Å². The molecule has 2 aromatic carbocycles. The summed E-state index contributed by atoms with van der Waals surface area (Å²) in [5, 5.41) is 0. The maximum absolute atomic E-state index is 4.76. The van der Waals surface area contributed by atoms with Gasteiger partial charge in [-0.05, 0) is 49.2 Å². The third-order valence-corrected chi connectivity index (χ3v) is 4.06. The van der Waals surface area contributed by atoms with Crippen LogP contribution in [0, 0.1) is 0 Å². The summed E-state index contributed by atoms with van der Waals surface area (Å²) in [7, 11) is 0. The lowest BCUT2D eigenvalue weighted by Gasteiger charge is -2.09. The van der Waals surface area contributed by atoms with Gasteiger partial charge in [-0.15, -0.1) is 0 Å². The van der Waals surface area contributed by atoms with Crippen molar-refractivity contribution in [1.29, 1.82) is 0 Å². The van der Waals surface area contributed by atoms with Crippen molar-refractivity contribution in [2.24, 2.45) is 4.99 Å². The van der Waals surface area contributed by atoms with E-state index in [1.807, 2.05) is 12.1 Å². The molecule has 0 aliphatic rings. The van der Waals surface area contributed by atoms with Gasteiger partial charge in [-0.25, -0.2) is 0 Å². The van der Waals surface area contributed by atoms with E-state index in [0.717, 1.165) is 20.2 Å². The second-order valence-electron chi connectivity index (χ2n) is 4.45. The summed E-state index contributed by atoms with van der Waals surface area (Å²) in [6.07, 6.45) is 0. The van der Waals surface area contributed by atoms with Crippen molar-refractivity contribution in [3.8, 4) is 0 Å². The Hall–Kier alpha value is -0.930. The topological polar surface area (TPSA) is 12.4 Å². The Labute approximate surface area is 131 Å². The molecular formula is C16H15Br2N. The molecule has 0 fully saturated rings. The van der Waals surface area contributed by atoms with E-state index in [4.69, 9.17) is 4.99 Å². The number of hydrogen-bond acceptors (Lipinski definition) is 1. The molecule has 1 atom stereocenters. The minimum absolute atomic E-state index is 0.164. The largest absolute Gasteiger partial charge is 0.282 e. The molecule has 19 heavy (non-hydrogen) atoms. The predicted octanol–water partition coefficient (Wildman–Crippen LogP) is 5.78. The van der Waals surface area contributed by atoms with Crippen LogP contribution in [0.15, 0.2) is 62.5 Å². The number of aliphatic imine (C=N–C) groups is 1. The summed E-state index contributed by atoms with van der Waals surface area (Å²) in [4.78, 5) is 4.76. The smallest absolute Gasteiger partial charge is 0.0724 e. The van der Waals surface area contributed by atoms with E-state index in [0.29, 0.717) is 0 Å². The maximum atomic E-state index is 4.76. The average Bonchev–Trinajstić information content (AvgIpc) is 2.40. The average molecular weight is 381 g/mol. The SMILES string of the molecule is CC(=NC(C)c1ccc(Br)cc1)c1ccc(Br)cc1. The quantitative estimate of drug-likeness (QED) is 0.598. The molecule has 0 amide bonds. The number of halogens is 2. The van der Waals surface area contributed by atoms with E-state index < -0.39 is 0 Å². The molecule has 2 aromatic rings. The maximum Gasteiger partial charge on any atom is 0.0724 e. The first-order valence-electron chi connectivity index (χ1n) is 6.12. The summed E-state index contributed by atoms with van der Waals surface area (Å²) in [6, 6.07) is 16.7. The van der Waals surface area contributed by atoms with Crippen LogP contribution < -0.4 is 0 Å². The first-order chi connectivity index (χ1) is 9.06. The second-order valence-corrected chi connectivity index (χ2v) is 6.28. The molecule has 0 aromatic heterocycles. The van der Waals surface area contributed by atoms with Gasteiger partial charge < -0.3 is 0 Å². The molecule has 3 heteroatoms. The molecule has 0 spiro atoms. The van der Waals surface area contributed by atoms with Crippen molar-refractivity contribution in [3.05, 3.63) is 68.6 Å². The van der Waals surface area contributed by atoms with Gasteiger partial charge in [0.2, 0.25) is 0 Å². The van der Waals surface area contributed by atoms with Gasteiger partial charge in [-0.1, -0.05) is 56.1 Å². The third-order valence-electron chi connectivity index (χ3n) is 3.00. The van der Waals surface area contributed by atoms with Crippen LogP contribution in [0.4, 0.5) is 0 Å². The Kier molecular flexibility index (Phi) is 4.94. The van der Waals surface area contributed by atoms with Gasteiger partial charge in [0.15, 0.2) is 0 Å². The number of nitrogens with zero attached hydrogens (tertiary/aromatic N) is 1. The molecule has 2 rings (SSSR count). The Morgan fingerprint density at radius 2 is 1.37 bits per heavy atom. The highest BCUT2D eigenvalue weighted by molar-refractivity contribution is 9.10. The first kappa shape index (κ1) is 14.5. The predicted molar refractivity (Wildman–Crippen MR) is 88.9 cm³/mol. The van der Waals surface area contributed by atoms with E-state index in [9.17, 15) is 0 Å². The summed E-state index contributed by atoms with van der Waals surface area (Å²) < 4.78 is 2.18. The lowest BCUT2D eigenvalue weighted by Crippen LogP contribution is -1.98. The summed E-state index contributed by atoms with van der Waals surface area (Å²) >= 11 is 6.89. The summed E-state index contributed by atoms with van der Waals surface area (Å²) in [5.74, 6) is 0. The molecule has 1 unspecified atom stereocenters. The standard InChI is InChI=1S/C16H15Br2N/c1-11(13-3-7-15(17)8-4-13)19-12(2)14-5-9-16(18)10-6-14/h3-11H,1-2H3. The molecule has 0 aliphatic carbocycles. The zero-order valence-electron chi connectivity index (χ0n) is 10.9. The van der Waals surface area contributed by atoms with Gasteiger partial charge >= 0.3 is 0 Å². The fourth-order valence-corrected chi connectivity index (χ4v) is 2.40. The van der Waals surface area contributed by atoms with E-state index in [-0.39, 0.29) is 6.04 Å². The fourth-order valence-electron chi connectivity index (χ4n) is 1.87. The third kappa shape index (κ3) is 4.02. The Morgan fingerprint density at radius 1 is 0.895 bits per heavy atom. The molecule has 0 heterocycles. The van der Waals surface area contributed by atoms with E-state index in [2.05, 4.69) is 82.1 Å². The van der Waals surface area contributed by atoms with Crippen LogP contribution in [0.3, 0.4) is 0 Å². The molecule has 0 saturated heterocycles. The van der Waals surface area contributed by atoms with Gasteiger partial charge in [-0.2, -0.15) is 0 Å². The zero-order valence-corrected chi connectivity index (χ0v) is 14.1. The van der Waals surface area contributed by atoms with Crippen LogP contribution in [0.1, 0.15) is 31.0 Å². The Bertz CT molecular complexity index is 571. The van der Waals surface area contributed by atoms with Crippen molar-refractivity contribution >= 4 is 37.6 Å². The lowest BCUT2D eigenvalue weighted by atomic mass is 10.1. The van der Waals surface area contributed by atoms with Gasteiger partial charge in [0.1, 0.15) is 0 Å². The highest BCUT2D eigenvalue weighted by atomic mass is 79.9. The molecule has 0 aliphatic heterocycles. The minimum atomic E-state index is 0.164. The number of hydrogen-bond donors (Lipinski definition) is 0. The van der Waals surface area contributed by atoms with Crippen LogP contribution in [-0.2, 0) is 0 Å². The van der Waals surface area contributed by atoms with E-state index in [1.54, 1.807) is 0 Å². The normalized spacial score (nSPS) is 13.4. The molecule has 1 nitrogen and oxygen atoms in total. The van der Waals surface area contributed by atoms with Gasteiger partial charge in [0.25, 0.3) is 0 Å². The van der Waals surface area contributed by atoms with Gasteiger partial charge in [0.05, 0.1) is 6.04 Å². The summed E-state index contributed by atoms with van der Waals surface area (Å²) in [6.45, 7) is 4.17. The highest BCUT2D eigenvalue weighted by Crippen LogP contribution is 2.21. The van der Waals surface area contributed by atoms with Crippen LogP contribution in [0.25, 0.3) is 0 Å². The second kappa shape index (κ2) is 6.49. The van der Waals surface area contributed by atoms with Crippen molar-refractivity contribution in [2.75, 3.05) is 0 Å². The molecule has 0 radical (unpaired) electrons. The zero-order chi connectivity index (χ0) is 13.8. The van der Waals surface area contributed by atoms with Crippen molar-refractivity contribution in [3.63, 3.8) is 0 Å². The molecule has 0 N–H and O–H groups in total. The van der Waals surface area contributed by atoms with E-state index in [1.165, 1.54) is 5.56 Å². The fraction of sp³-hybridized carbons (Fsp3) is 0.188. The molecular weight excluding hydrogens is 366 g/mol. The number of rotatable bonds is 3. The molecule has 98 valence electrons. The molecule has 0 bridgehead atoms. The van der Waals surface area contributed by atoms with Crippen molar-refractivity contribution in [2.45, 2.75) is 19.9 Å². The Morgan fingerprint density at radius 3 is 1.89 bits per heavy atom. The lowest BCUT2D eigenvalue weighted by molar-refractivity contribution is 0.819. The van der Waals surface area contributed by atoms with Gasteiger partial charge in [-0.3, -0.25) is 4.99 Å². The van der Waals surface area contributed by atoms with Crippen LogP contribution >= 0.6 is 31.9 Å².